The third-order valence-corrected chi connectivity index (χ3v) is 2.08. The number of hydrogen-bond donors (Lipinski definition) is 0. The molecule has 0 saturated carbocycles. The van der Waals surface area contributed by atoms with Crippen LogP contribution in [0.4, 0.5) is 0 Å². The second-order valence-corrected chi connectivity index (χ2v) is 3.06. The minimum atomic E-state index is 0.421. The van der Waals surface area contributed by atoms with E-state index >= 15 is 0 Å². The first kappa shape index (κ1) is 8.60. The SMILES string of the molecule is CCN(C)CC1CCC=CO1. The molecule has 0 aliphatic carbocycles. The van der Waals surface area contributed by atoms with E-state index < -0.39 is 0 Å². The van der Waals surface area contributed by atoms with Gasteiger partial charge in [0.1, 0.15) is 6.10 Å². The van der Waals surface area contributed by atoms with E-state index in [4.69, 9.17) is 4.74 Å². The van der Waals surface area contributed by atoms with Crippen LogP contribution in [0.2, 0.25) is 0 Å². The van der Waals surface area contributed by atoms with Crippen molar-refractivity contribution in [1.82, 2.24) is 4.90 Å². The van der Waals surface area contributed by atoms with Gasteiger partial charge in [-0.2, -0.15) is 0 Å². The Morgan fingerprint density at radius 3 is 3.00 bits per heavy atom. The molecule has 0 aromatic carbocycles. The molecule has 1 atom stereocenters. The summed E-state index contributed by atoms with van der Waals surface area (Å²) >= 11 is 0. The number of rotatable bonds is 3. The number of allylic oxidation sites excluding steroid dienone is 1. The maximum Gasteiger partial charge on any atom is 0.111 e. The highest BCUT2D eigenvalue weighted by molar-refractivity contribution is 4.83. The lowest BCUT2D eigenvalue weighted by atomic mass is 10.1. The molecule has 1 heterocycles. The lowest BCUT2D eigenvalue weighted by Crippen LogP contribution is -2.30. The van der Waals surface area contributed by atoms with E-state index in [9.17, 15) is 0 Å². The Balaban J connectivity index is 2.20. The molecule has 0 amide bonds. The molecule has 0 fully saturated rings. The van der Waals surface area contributed by atoms with Crippen LogP contribution in [0, 0.1) is 0 Å². The van der Waals surface area contributed by atoms with Gasteiger partial charge in [-0.3, -0.25) is 0 Å². The van der Waals surface area contributed by atoms with Gasteiger partial charge in [0.05, 0.1) is 6.26 Å². The number of ether oxygens (including phenoxy) is 1. The molecule has 0 spiro atoms. The van der Waals surface area contributed by atoms with Crippen LogP contribution in [-0.4, -0.2) is 31.1 Å². The van der Waals surface area contributed by atoms with E-state index in [0.29, 0.717) is 6.10 Å². The summed E-state index contributed by atoms with van der Waals surface area (Å²) in [5, 5.41) is 0. The van der Waals surface area contributed by atoms with Gasteiger partial charge in [0.25, 0.3) is 0 Å². The summed E-state index contributed by atoms with van der Waals surface area (Å²) in [5.41, 5.74) is 0. The zero-order valence-corrected chi connectivity index (χ0v) is 7.42. The lowest BCUT2D eigenvalue weighted by Gasteiger charge is -2.24. The van der Waals surface area contributed by atoms with Gasteiger partial charge in [-0.1, -0.05) is 6.92 Å². The number of hydrogen-bond acceptors (Lipinski definition) is 2. The zero-order valence-electron chi connectivity index (χ0n) is 7.42. The largest absolute Gasteiger partial charge is 0.497 e. The highest BCUT2D eigenvalue weighted by atomic mass is 16.5. The topological polar surface area (TPSA) is 12.5 Å². The fourth-order valence-corrected chi connectivity index (χ4v) is 1.20. The third kappa shape index (κ3) is 2.93. The van der Waals surface area contributed by atoms with Crippen LogP contribution in [0.25, 0.3) is 0 Å². The van der Waals surface area contributed by atoms with E-state index in [2.05, 4.69) is 24.9 Å². The number of likely N-dealkylation sites (N-methyl/N-ethyl adjacent to an activating group) is 1. The Morgan fingerprint density at radius 2 is 2.45 bits per heavy atom. The van der Waals surface area contributed by atoms with E-state index in [0.717, 1.165) is 13.1 Å². The van der Waals surface area contributed by atoms with Gasteiger partial charge in [0.15, 0.2) is 0 Å². The molecular formula is C9H17NO. The predicted octanol–water partition coefficient (Wildman–Crippen LogP) is 1.63. The zero-order chi connectivity index (χ0) is 8.10. The van der Waals surface area contributed by atoms with Crippen LogP contribution in [0.5, 0.6) is 0 Å². The van der Waals surface area contributed by atoms with E-state index in [-0.39, 0.29) is 0 Å². The fraction of sp³-hybridized carbons (Fsp3) is 0.778. The minimum absolute atomic E-state index is 0.421. The molecular weight excluding hydrogens is 138 g/mol. The van der Waals surface area contributed by atoms with Crippen molar-refractivity contribution in [3.63, 3.8) is 0 Å². The Hall–Kier alpha value is -0.500. The average molecular weight is 155 g/mol. The number of nitrogens with zero attached hydrogens (tertiary/aromatic N) is 1. The van der Waals surface area contributed by atoms with Crippen LogP contribution in [0.3, 0.4) is 0 Å². The molecule has 1 unspecified atom stereocenters. The highest BCUT2D eigenvalue weighted by Crippen LogP contribution is 2.10. The van der Waals surface area contributed by atoms with Crippen LogP contribution in [0.1, 0.15) is 19.8 Å². The van der Waals surface area contributed by atoms with Gasteiger partial charge in [-0.15, -0.1) is 0 Å². The van der Waals surface area contributed by atoms with Crippen molar-refractivity contribution in [2.75, 3.05) is 20.1 Å². The second kappa shape index (κ2) is 4.39. The van der Waals surface area contributed by atoms with Gasteiger partial charge in [0, 0.05) is 6.54 Å². The maximum absolute atomic E-state index is 5.43. The summed E-state index contributed by atoms with van der Waals surface area (Å²) in [4.78, 5) is 2.28. The first-order valence-electron chi connectivity index (χ1n) is 4.32. The second-order valence-electron chi connectivity index (χ2n) is 3.06. The Bertz CT molecular complexity index is 134. The van der Waals surface area contributed by atoms with Crippen molar-refractivity contribution >= 4 is 0 Å². The van der Waals surface area contributed by atoms with E-state index in [1.54, 1.807) is 0 Å². The summed E-state index contributed by atoms with van der Waals surface area (Å²) in [7, 11) is 2.13. The molecule has 2 nitrogen and oxygen atoms in total. The quantitative estimate of drug-likeness (QED) is 0.614. The average Bonchev–Trinajstić information content (AvgIpc) is 2.06. The predicted molar refractivity (Wildman–Crippen MR) is 46.4 cm³/mol. The molecule has 1 aliphatic heterocycles. The van der Waals surface area contributed by atoms with Crippen molar-refractivity contribution in [2.24, 2.45) is 0 Å². The highest BCUT2D eigenvalue weighted by Gasteiger charge is 2.11. The van der Waals surface area contributed by atoms with Crippen molar-refractivity contribution in [2.45, 2.75) is 25.9 Å². The summed E-state index contributed by atoms with van der Waals surface area (Å²) in [6.07, 6.45) is 6.67. The van der Waals surface area contributed by atoms with E-state index in [1.807, 2.05) is 6.26 Å². The maximum atomic E-state index is 5.43. The van der Waals surface area contributed by atoms with Gasteiger partial charge in [0.2, 0.25) is 0 Å². The molecule has 0 aromatic heterocycles. The lowest BCUT2D eigenvalue weighted by molar-refractivity contribution is 0.0899. The molecule has 0 radical (unpaired) electrons. The van der Waals surface area contributed by atoms with Crippen LogP contribution in [0.15, 0.2) is 12.3 Å². The minimum Gasteiger partial charge on any atom is -0.497 e. The van der Waals surface area contributed by atoms with E-state index in [1.165, 1.54) is 12.8 Å². The van der Waals surface area contributed by atoms with Gasteiger partial charge < -0.3 is 9.64 Å². The fourth-order valence-electron chi connectivity index (χ4n) is 1.20. The van der Waals surface area contributed by atoms with Gasteiger partial charge in [-0.05, 0) is 32.5 Å². The molecule has 2 heteroatoms. The van der Waals surface area contributed by atoms with Gasteiger partial charge in [-0.25, -0.2) is 0 Å². The third-order valence-electron chi connectivity index (χ3n) is 2.08. The standard InChI is InChI=1S/C9H17NO/c1-3-10(2)8-9-6-4-5-7-11-9/h5,7,9H,3-4,6,8H2,1-2H3. The molecule has 0 N–H and O–H groups in total. The van der Waals surface area contributed by atoms with Crippen LogP contribution in [-0.2, 0) is 4.74 Å². The van der Waals surface area contributed by atoms with Crippen LogP contribution < -0.4 is 0 Å². The van der Waals surface area contributed by atoms with Crippen molar-refractivity contribution in [3.8, 4) is 0 Å². The Kier molecular flexibility index (Phi) is 3.43. The van der Waals surface area contributed by atoms with Gasteiger partial charge >= 0.3 is 0 Å². The normalized spacial score (nSPS) is 23.7. The molecule has 11 heavy (non-hydrogen) atoms. The summed E-state index contributed by atoms with van der Waals surface area (Å²) in [6.45, 7) is 4.32. The smallest absolute Gasteiger partial charge is 0.111 e. The molecule has 0 saturated heterocycles. The first-order chi connectivity index (χ1) is 5.33. The summed E-state index contributed by atoms with van der Waals surface area (Å²) in [6, 6.07) is 0. The Labute approximate surface area is 68.8 Å². The summed E-state index contributed by atoms with van der Waals surface area (Å²) < 4.78 is 5.43. The molecule has 0 aromatic rings. The molecule has 1 aliphatic rings. The molecule has 0 bridgehead atoms. The van der Waals surface area contributed by atoms with Crippen LogP contribution >= 0.6 is 0 Å². The molecule has 64 valence electrons. The summed E-state index contributed by atoms with van der Waals surface area (Å²) in [5.74, 6) is 0. The monoisotopic (exact) mass is 155 g/mol. The van der Waals surface area contributed by atoms with Crippen molar-refractivity contribution in [3.05, 3.63) is 12.3 Å². The van der Waals surface area contributed by atoms with Crippen molar-refractivity contribution < 1.29 is 4.74 Å². The Morgan fingerprint density at radius 1 is 1.64 bits per heavy atom. The van der Waals surface area contributed by atoms with Crippen molar-refractivity contribution in [1.29, 1.82) is 0 Å². The molecule has 1 rings (SSSR count). The first-order valence-corrected chi connectivity index (χ1v) is 4.32.